The number of para-hydroxylation sites is 1. The van der Waals surface area contributed by atoms with E-state index < -0.39 is 22.6 Å². The van der Waals surface area contributed by atoms with Crippen molar-refractivity contribution in [2.24, 2.45) is 0 Å². The van der Waals surface area contributed by atoms with Gasteiger partial charge in [0.15, 0.2) is 0 Å². The van der Waals surface area contributed by atoms with E-state index in [0.29, 0.717) is 11.3 Å². The van der Waals surface area contributed by atoms with Crippen LogP contribution in [0.5, 0.6) is 0 Å². The van der Waals surface area contributed by atoms with Gasteiger partial charge in [-0.2, -0.15) is 0 Å². The lowest BCUT2D eigenvalue weighted by atomic mass is 10.1. The zero-order valence-corrected chi connectivity index (χ0v) is 15.5. The highest BCUT2D eigenvalue weighted by Crippen LogP contribution is 2.26. The number of fused-ring (bicyclic) bond motifs is 1. The molecule has 3 aromatic rings. The molecule has 150 valence electrons. The molecule has 0 unspecified atom stereocenters. The van der Waals surface area contributed by atoms with Gasteiger partial charge in [0.25, 0.3) is 23.4 Å². The number of rotatable bonds is 6. The molecule has 1 aliphatic rings. The van der Waals surface area contributed by atoms with Crippen molar-refractivity contribution in [2.75, 3.05) is 0 Å². The second-order valence-corrected chi connectivity index (χ2v) is 6.60. The van der Waals surface area contributed by atoms with Crippen molar-refractivity contribution in [2.45, 2.75) is 13.1 Å². The zero-order chi connectivity index (χ0) is 21.3. The fourth-order valence-corrected chi connectivity index (χ4v) is 3.25. The molecule has 30 heavy (non-hydrogen) atoms. The van der Waals surface area contributed by atoms with E-state index in [2.05, 4.69) is 5.32 Å². The molecule has 0 aliphatic carbocycles. The summed E-state index contributed by atoms with van der Waals surface area (Å²) in [6.07, 6.45) is 1.45. The molecule has 0 radical (unpaired) electrons. The molecule has 1 N–H and O–H groups in total. The zero-order valence-electron chi connectivity index (χ0n) is 15.5. The molecule has 0 saturated carbocycles. The van der Waals surface area contributed by atoms with E-state index in [9.17, 15) is 24.5 Å². The minimum atomic E-state index is -0.519. The summed E-state index contributed by atoms with van der Waals surface area (Å²) in [6, 6.07) is 13.6. The van der Waals surface area contributed by atoms with Crippen molar-refractivity contribution in [3.05, 3.63) is 99.0 Å². The Hall–Kier alpha value is -4.27. The van der Waals surface area contributed by atoms with E-state index >= 15 is 0 Å². The van der Waals surface area contributed by atoms with E-state index in [4.69, 9.17) is 4.42 Å². The van der Waals surface area contributed by atoms with Gasteiger partial charge in [-0.15, -0.1) is 0 Å². The second kappa shape index (κ2) is 7.63. The molecule has 2 aromatic carbocycles. The normalized spacial score (nSPS) is 12.7. The fourth-order valence-electron chi connectivity index (χ4n) is 3.25. The molecule has 0 saturated heterocycles. The number of amides is 3. The van der Waals surface area contributed by atoms with Crippen LogP contribution < -0.4 is 5.32 Å². The van der Waals surface area contributed by atoms with Gasteiger partial charge in [-0.05, 0) is 30.3 Å². The van der Waals surface area contributed by atoms with Gasteiger partial charge in [-0.25, -0.2) is 0 Å². The number of benzene rings is 2. The van der Waals surface area contributed by atoms with Crippen LogP contribution in [0.25, 0.3) is 0 Å². The molecular weight excluding hydrogens is 390 g/mol. The standard InChI is InChI=1S/C21H15N3O6/c25-19(22-11-14-4-1-2-6-18(14)24(28)29)13-7-8-16-17(10-13)21(27)23(20(16)26)12-15-5-3-9-30-15/h1-10H,11-12H2,(H,22,25). The van der Waals surface area contributed by atoms with E-state index in [1.54, 1.807) is 30.3 Å². The Morgan fingerprint density at radius 1 is 1.03 bits per heavy atom. The number of imide groups is 1. The Morgan fingerprint density at radius 2 is 1.80 bits per heavy atom. The van der Waals surface area contributed by atoms with E-state index in [1.165, 1.54) is 30.5 Å². The first kappa shape index (κ1) is 19.1. The van der Waals surface area contributed by atoms with Crippen LogP contribution in [0.1, 0.15) is 42.4 Å². The van der Waals surface area contributed by atoms with Crippen LogP contribution in [0.3, 0.4) is 0 Å². The van der Waals surface area contributed by atoms with Crippen molar-refractivity contribution < 1.29 is 23.7 Å². The second-order valence-electron chi connectivity index (χ2n) is 6.60. The van der Waals surface area contributed by atoms with Gasteiger partial charge in [-0.3, -0.25) is 29.4 Å². The van der Waals surface area contributed by atoms with Gasteiger partial charge in [-0.1, -0.05) is 18.2 Å². The molecule has 9 heteroatoms. The summed E-state index contributed by atoms with van der Waals surface area (Å²) in [7, 11) is 0. The summed E-state index contributed by atoms with van der Waals surface area (Å²) in [6.45, 7) is -0.0525. The third kappa shape index (κ3) is 3.44. The van der Waals surface area contributed by atoms with Gasteiger partial charge < -0.3 is 9.73 Å². The first-order valence-electron chi connectivity index (χ1n) is 8.99. The Bertz CT molecular complexity index is 1170. The van der Waals surface area contributed by atoms with Crippen molar-refractivity contribution >= 4 is 23.4 Å². The summed E-state index contributed by atoms with van der Waals surface area (Å²) < 4.78 is 5.20. The Kier molecular flexibility index (Phi) is 4.85. The Morgan fingerprint density at radius 3 is 2.53 bits per heavy atom. The lowest BCUT2D eigenvalue weighted by Crippen LogP contribution is -2.28. The first-order chi connectivity index (χ1) is 14.5. The van der Waals surface area contributed by atoms with E-state index in [1.807, 2.05) is 0 Å². The van der Waals surface area contributed by atoms with Crippen molar-refractivity contribution in [1.82, 2.24) is 10.2 Å². The third-order valence-electron chi connectivity index (χ3n) is 4.75. The molecule has 0 bridgehead atoms. The van der Waals surface area contributed by atoms with Gasteiger partial charge in [0, 0.05) is 23.7 Å². The first-order valence-corrected chi connectivity index (χ1v) is 8.99. The van der Waals surface area contributed by atoms with Crippen LogP contribution >= 0.6 is 0 Å². The average molecular weight is 405 g/mol. The number of carbonyl (C=O) groups excluding carboxylic acids is 3. The molecule has 3 amide bonds. The van der Waals surface area contributed by atoms with Gasteiger partial charge in [0.2, 0.25) is 0 Å². The molecule has 0 atom stereocenters. The molecule has 0 spiro atoms. The maximum Gasteiger partial charge on any atom is 0.274 e. The molecule has 2 heterocycles. The minimum Gasteiger partial charge on any atom is -0.467 e. The minimum absolute atomic E-state index is 0.00144. The van der Waals surface area contributed by atoms with E-state index in [-0.39, 0.29) is 35.5 Å². The maximum absolute atomic E-state index is 12.7. The molecule has 0 fully saturated rings. The largest absolute Gasteiger partial charge is 0.467 e. The van der Waals surface area contributed by atoms with Crippen LogP contribution in [0.15, 0.2) is 65.3 Å². The lowest BCUT2D eigenvalue weighted by Gasteiger charge is -2.11. The van der Waals surface area contributed by atoms with Crippen LogP contribution in [0, 0.1) is 10.1 Å². The highest BCUT2D eigenvalue weighted by atomic mass is 16.6. The molecule has 9 nitrogen and oxygen atoms in total. The van der Waals surface area contributed by atoms with Gasteiger partial charge in [0.05, 0.1) is 28.9 Å². The van der Waals surface area contributed by atoms with Gasteiger partial charge in [0.1, 0.15) is 5.76 Å². The summed E-state index contributed by atoms with van der Waals surface area (Å²) >= 11 is 0. The summed E-state index contributed by atoms with van der Waals surface area (Å²) in [5.74, 6) is -1.02. The number of hydrogen-bond donors (Lipinski definition) is 1. The van der Waals surface area contributed by atoms with Crippen molar-refractivity contribution in [3.63, 3.8) is 0 Å². The number of nitro benzene ring substituents is 1. The number of furan rings is 1. The fraction of sp³-hybridized carbons (Fsp3) is 0.0952. The summed E-state index contributed by atoms with van der Waals surface area (Å²) in [4.78, 5) is 49.3. The summed E-state index contributed by atoms with van der Waals surface area (Å²) in [5.41, 5.74) is 0.772. The lowest BCUT2D eigenvalue weighted by molar-refractivity contribution is -0.385. The predicted octanol–water partition coefficient (Wildman–Crippen LogP) is 2.91. The summed E-state index contributed by atoms with van der Waals surface area (Å²) in [5, 5.41) is 13.7. The number of nitro groups is 1. The molecule has 1 aliphatic heterocycles. The highest BCUT2D eigenvalue weighted by molar-refractivity contribution is 6.22. The van der Waals surface area contributed by atoms with Crippen LogP contribution in [-0.2, 0) is 13.1 Å². The van der Waals surface area contributed by atoms with Crippen LogP contribution in [0.2, 0.25) is 0 Å². The number of nitrogens with one attached hydrogen (secondary N) is 1. The highest BCUT2D eigenvalue weighted by Gasteiger charge is 2.36. The van der Waals surface area contributed by atoms with Gasteiger partial charge >= 0.3 is 0 Å². The quantitative estimate of drug-likeness (QED) is 0.382. The van der Waals surface area contributed by atoms with Crippen molar-refractivity contribution in [1.29, 1.82) is 0 Å². The molecular formula is C21H15N3O6. The Labute approximate surface area is 170 Å². The smallest absolute Gasteiger partial charge is 0.274 e. The number of nitrogens with zero attached hydrogens (tertiary/aromatic N) is 2. The average Bonchev–Trinajstić information content (AvgIpc) is 3.35. The Balaban J connectivity index is 1.51. The monoisotopic (exact) mass is 405 g/mol. The van der Waals surface area contributed by atoms with Crippen molar-refractivity contribution in [3.8, 4) is 0 Å². The molecule has 1 aromatic heterocycles. The SMILES string of the molecule is O=C(NCc1ccccc1[N+](=O)[O-])c1ccc2c(c1)C(=O)N(Cc1ccco1)C2=O. The van der Waals surface area contributed by atoms with Crippen LogP contribution in [-0.4, -0.2) is 27.5 Å². The number of hydrogen-bond acceptors (Lipinski definition) is 6. The third-order valence-corrected chi connectivity index (χ3v) is 4.75. The topological polar surface area (TPSA) is 123 Å². The van der Waals surface area contributed by atoms with E-state index in [0.717, 1.165) is 4.90 Å². The predicted molar refractivity (Wildman–Crippen MR) is 104 cm³/mol. The molecule has 4 rings (SSSR count). The maximum atomic E-state index is 12.7. The van der Waals surface area contributed by atoms with Crippen LogP contribution in [0.4, 0.5) is 5.69 Å². The number of carbonyl (C=O) groups is 3.